The van der Waals surface area contributed by atoms with E-state index in [1.807, 2.05) is 0 Å². The van der Waals surface area contributed by atoms with Gasteiger partial charge >= 0.3 is 0 Å². The van der Waals surface area contributed by atoms with Crippen LogP contribution >= 0.6 is 35.0 Å². The molecular weight excluding hydrogens is 201 g/mol. The summed E-state index contributed by atoms with van der Waals surface area (Å²) in [5.41, 5.74) is 1.39. The molecule has 4 heavy (non-hydrogen) atoms. The van der Waals surface area contributed by atoms with E-state index in [1.54, 1.807) is 0 Å². The Hall–Kier alpha value is 1.20. The fourth-order valence-corrected chi connectivity index (χ4v) is 0. The van der Waals surface area contributed by atoms with Crippen molar-refractivity contribution in [2.75, 3.05) is 0 Å². The molecule has 1 atom stereocenters. The lowest BCUT2D eigenvalue weighted by Crippen LogP contribution is -0.737. The van der Waals surface area contributed by atoms with Crippen molar-refractivity contribution in [2.45, 2.75) is 0 Å². The minimum atomic E-state index is 0.849. The van der Waals surface area contributed by atoms with Crippen LogP contribution in [0.2, 0.25) is 0 Å². The Labute approximate surface area is 41.5 Å². The number of hydrogen-bond donors (Lipinski definition) is 0. The van der Waals surface area contributed by atoms with Crippen LogP contribution in [0.25, 0.3) is 0 Å². The highest BCUT2D eigenvalue weighted by Crippen LogP contribution is 2.13. The zero-order valence-electron chi connectivity index (χ0n) is 2.03. The number of hydrogen-bond acceptors (Lipinski definition) is 0. The van der Waals surface area contributed by atoms with E-state index in [1.165, 1.54) is 5.51 Å². The van der Waals surface area contributed by atoms with Crippen LogP contribution in [0.4, 0.5) is 0 Å². The van der Waals surface area contributed by atoms with Crippen LogP contribution in [0, 0.1) is 0 Å². The second-order valence-electron chi connectivity index (χ2n) is 0.243. The normalized spacial score (nSPS) is 9.25. The maximum absolute atomic E-state index is 3.61. The van der Waals surface area contributed by atoms with E-state index in [2.05, 4.69) is 28.3 Å². The van der Waals surface area contributed by atoms with Crippen LogP contribution < -0.4 is 0 Å². The first-order valence-corrected chi connectivity index (χ1v) is 6.47. The second-order valence-corrected chi connectivity index (χ2v) is 6.53. The fourth-order valence-electron chi connectivity index (χ4n) is 0. The molecule has 24 valence electrons. The first kappa shape index (κ1) is 5.20. The molecule has 0 aliphatic heterocycles. The topological polar surface area (TPSA) is 0 Å². The molecule has 0 bridgehead atoms. The molecule has 0 aliphatic carbocycles. The monoisotopic (exact) mass is 204 g/mol. The summed E-state index contributed by atoms with van der Waals surface area (Å²) in [6, 6.07) is 0. The van der Waals surface area contributed by atoms with Crippen molar-refractivity contribution < 1.29 is 0 Å². The van der Waals surface area contributed by atoms with Crippen LogP contribution in [-0.2, 0) is 0 Å². The Balaban J connectivity index is 3.11. The van der Waals surface area contributed by atoms with Gasteiger partial charge in [-0.1, -0.05) is 6.30 Å². The van der Waals surface area contributed by atoms with Gasteiger partial charge in [0.25, 0.3) is 0 Å². The summed E-state index contributed by atoms with van der Waals surface area (Å²) in [5.74, 6) is 0. The quantitative estimate of drug-likeness (QED) is 0.419. The molecule has 3 heteroatoms. The molecule has 0 radical (unpaired) electrons. The highest BCUT2D eigenvalue weighted by molar-refractivity contribution is 14.2. The molecule has 0 aliphatic rings. The summed E-state index contributed by atoms with van der Waals surface area (Å²) in [6.07, 6.45) is 3.61. The van der Waals surface area contributed by atoms with E-state index in [0.29, 0.717) is 0 Å². The van der Waals surface area contributed by atoms with Crippen molar-refractivity contribution in [2.24, 2.45) is 0 Å². The Morgan fingerprint density at radius 2 is 2.25 bits per heavy atom. The Morgan fingerprint density at radius 1 is 2.00 bits per heavy atom. The summed E-state index contributed by atoms with van der Waals surface area (Å²) in [5, 5.41) is 0. The minimum absolute atomic E-state index is 0.849. The lowest BCUT2D eigenvalue weighted by atomic mass is 12.0. The van der Waals surface area contributed by atoms with Crippen LogP contribution in [0.5, 0.6) is 0 Å². The molecule has 0 rings (SSSR count). The molecule has 0 saturated carbocycles. The molecule has 1 unspecified atom stereocenters. The maximum Gasteiger partial charge on any atom is -0.0106 e. The van der Waals surface area contributed by atoms with E-state index in [9.17, 15) is 0 Å². The van der Waals surface area contributed by atoms with E-state index in [-0.39, 0.29) is 0 Å². The number of rotatable bonds is 0. The van der Waals surface area contributed by atoms with Gasteiger partial charge in [0.15, 0.2) is 0 Å². The van der Waals surface area contributed by atoms with Gasteiger partial charge in [0.2, 0.25) is 0 Å². The molecule has 0 saturated heterocycles. The molecule has 0 amide bonds. The Bertz CT molecular complexity index is 44.0. The molecule has 0 N–H and O–H groups in total. The van der Waals surface area contributed by atoms with Crippen molar-refractivity contribution in [1.29, 1.82) is 0 Å². The van der Waals surface area contributed by atoms with E-state index in [0.717, 1.165) is 7.49 Å². The lowest BCUT2D eigenvalue weighted by molar-refractivity contribution is 4.75. The fraction of sp³-hybridized carbons (Fsp3) is 0. The van der Waals surface area contributed by atoms with Gasteiger partial charge in [-0.3, -0.25) is 0 Å². The molecule has 0 nitrogen and oxygen atoms in total. The van der Waals surface area contributed by atoms with E-state index < -0.39 is 0 Å². The standard InChI is InChI=1S/CH3IP2/c1-3-4-2/h3H,1H2. The maximum atomic E-state index is 3.61. The lowest BCUT2D eigenvalue weighted by Gasteiger charge is -1.35. The molecular formula is CH3IP2. The predicted molar refractivity (Wildman–Crippen MR) is 36.4 cm³/mol. The molecule has 0 fully saturated rings. The first-order valence-electron chi connectivity index (χ1n) is 0.746. The summed E-state index contributed by atoms with van der Waals surface area (Å²) in [4.78, 5) is 0. The van der Waals surface area contributed by atoms with Crippen molar-refractivity contribution >= 4 is 41.3 Å². The third kappa shape index (κ3) is 3.20. The number of halogens is 1. The molecule has 0 aromatic heterocycles. The van der Waals surface area contributed by atoms with Gasteiger partial charge in [0, 0.05) is 0 Å². The van der Waals surface area contributed by atoms with Crippen molar-refractivity contribution in [1.82, 2.24) is 0 Å². The van der Waals surface area contributed by atoms with Crippen molar-refractivity contribution in [3.8, 4) is 0 Å². The van der Waals surface area contributed by atoms with Crippen LogP contribution in [0.15, 0.2) is 0 Å². The second kappa shape index (κ2) is 4.20. The molecule has 0 aromatic carbocycles. The van der Waals surface area contributed by atoms with Gasteiger partial charge in [0.05, 0.1) is 0 Å². The summed E-state index contributed by atoms with van der Waals surface area (Å²) in [6.45, 7) is 0. The SMILES string of the molecule is C=[PH]=PI. The Morgan fingerprint density at radius 3 is 2.25 bits per heavy atom. The smallest absolute Gasteiger partial charge is 0.0106 e. The van der Waals surface area contributed by atoms with E-state index >= 15 is 0 Å². The third-order valence-electron chi connectivity index (χ3n) is 0.0598. The first-order chi connectivity index (χ1) is 1.91. The highest BCUT2D eigenvalue weighted by atomic mass is 127. The summed E-state index contributed by atoms with van der Waals surface area (Å²) >= 11 is 2.27. The van der Waals surface area contributed by atoms with Gasteiger partial charge in [-0.25, -0.2) is 0 Å². The summed E-state index contributed by atoms with van der Waals surface area (Å²) in [7, 11) is 0.849. The zero-order valence-corrected chi connectivity index (χ0v) is 6.08. The average Bonchev–Trinajstić information content (AvgIpc) is 1.37. The average molecular weight is 204 g/mol. The van der Waals surface area contributed by atoms with Crippen LogP contribution in [-0.4, -0.2) is 6.30 Å². The van der Waals surface area contributed by atoms with Crippen LogP contribution in [0.1, 0.15) is 0 Å². The van der Waals surface area contributed by atoms with Crippen LogP contribution in [0.3, 0.4) is 0 Å². The van der Waals surface area contributed by atoms with Crippen molar-refractivity contribution in [3.63, 3.8) is 0 Å². The molecule has 0 spiro atoms. The Kier molecular flexibility index (Phi) is 5.46. The van der Waals surface area contributed by atoms with Gasteiger partial charge in [-0.15, -0.1) is 7.49 Å². The van der Waals surface area contributed by atoms with E-state index in [4.69, 9.17) is 0 Å². The van der Waals surface area contributed by atoms with Gasteiger partial charge in [-0.05, 0) is 27.6 Å². The van der Waals surface area contributed by atoms with Crippen molar-refractivity contribution in [3.05, 3.63) is 0 Å². The minimum Gasteiger partial charge on any atom is -0.112 e. The molecule has 0 aromatic rings. The predicted octanol–water partition coefficient (Wildman–Crippen LogP) is 2.31. The molecule has 0 heterocycles. The zero-order chi connectivity index (χ0) is 3.41. The largest absolute Gasteiger partial charge is 0.112 e. The summed E-state index contributed by atoms with van der Waals surface area (Å²) < 4.78 is 0. The van der Waals surface area contributed by atoms with Gasteiger partial charge < -0.3 is 0 Å². The van der Waals surface area contributed by atoms with Gasteiger partial charge in [-0.2, -0.15) is 0 Å². The highest BCUT2D eigenvalue weighted by Gasteiger charge is 1.27. The third-order valence-corrected chi connectivity index (χ3v) is 3.61. The van der Waals surface area contributed by atoms with Gasteiger partial charge in [0.1, 0.15) is 0 Å².